The second kappa shape index (κ2) is 9.03. The van der Waals surface area contributed by atoms with E-state index in [9.17, 15) is 8.42 Å². The number of benzene rings is 1. The summed E-state index contributed by atoms with van der Waals surface area (Å²) in [5, 5.41) is 11.6. The van der Waals surface area contributed by atoms with Crippen molar-refractivity contribution in [3.8, 4) is 0 Å². The number of nitrogens with two attached hydrogens (primary N) is 1. The van der Waals surface area contributed by atoms with Gasteiger partial charge in [-0.3, -0.25) is 4.99 Å². The lowest BCUT2D eigenvalue weighted by Crippen LogP contribution is -2.37. The molecule has 1 aliphatic carbocycles. The molecule has 1 saturated carbocycles. The van der Waals surface area contributed by atoms with E-state index in [-0.39, 0.29) is 4.90 Å². The first kappa shape index (κ1) is 18.7. The van der Waals surface area contributed by atoms with E-state index in [1.54, 1.807) is 19.2 Å². The molecule has 1 fully saturated rings. The van der Waals surface area contributed by atoms with Crippen LogP contribution in [0.3, 0.4) is 0 Å². The average molecular weight is 353 g/mol. The van der Waals surface area contributed by atoms with Crippen LogP contribution in [0.2, 0.25) is 0 Å². The number of aliphatic imine (C=N–C) groups is 1. The van der Waals surface area contributed by atoms with Crippen molar-refractivity contribution < 1.29 is 8.42 Å². The molecule has 0 radical (unpaired) electrons. The van der Waals surface area contributed by atoms with Crippen LogP contribution in [-0.2, 0) is 16.6 Å². The Morgan fingerprint density at radius 1 is 1.21 bits per heavy atom. The Labute approximate surface area is 145 Å². The Morgan fingerprint density at radius 2 is 1.88 bits per heavy atom. The van der Waals surface area contributed by atoms with Crippen molar-refractivity contribution in [2.24, 2.45) is 16.0 Å². The fourth-order valence-corrected chi connectivity index (χ4v) is 3.62. The second-order valence-corrected chi connectivity index (χ2v) is 7.90. The number of rotatable bonds is 7. The van der Waals surface area contributed by atoms with Gasteiger partial charge in [-0.2, -0.15) is 0 Å². The van der Waals surface area contributed by atoms with Crippen LogP contribution in [0, 0.1) is 5.92 Å². The molecule has 24 heavy (non-hydrogen) atoms. The molecule has 0 bridgehead atoms. The topological polar surface area (TPSA) is 96.6 Å². The summed E-state index contributed by atoms with van der Waals surface area (Å²) in [5.74, 6) is 1.68. The summed E-state index contributed by atoms with van der Waals surface area (Å²) in [6, 6.07) is 6.54. The molecule has 1 aliphatic rings. The third-order valence-electron chi connectivity index (χ3n) is 4.49. The molecule has 2 rings (SSSR count). The van der Waals surface area contributed by atoms with E-state index in [4.69, 9.17) is 5.14 Å². The predicted octanol–water partition coefficient (Wildman–Crippen LogP) is 1.97. The molecule has 0 spiro atoms. The zero-order valence-corrected chi connectivity index (χ0v) is 15.1. The van der Waals surface area contributed by atoms with Crippen LogP contribution in [0.4, 0.5) is 0 Å². The van der Waals surface area contributed by atoms with Gasteiger partial charge in [-0.15, -0.1) is 0 Å². The van der Waals surface area contributed by atoms with E-state index in [1.807, 2.05) is 0 Å². The molecule has 0 aromatic heterocycles. The number of hydrogen-bond donors (Lipinski definition) is 3. The lowest BCUT2D eigenvalue weighted by atomic mass is 10.0. The largest absolute Gasteiger partial charge is 0.356 e. The van der Waals surface area contributed by atoms with E-state index < -0.39 is 10.0 Å². The Hall–Kier alpha value is -1.60. The van der Waals surface area contributed by atoms with Crippen molar-refractivity contribution in [2.45, 2.75) is 50.0 Å². The lowest BCUT2D eigenvalue weighted by molar-refractivity contribution is 0.481. The molecule has 6 nitrogen and oxygen atoms in total. The Balaban J connectivity index is 1.70. The van der Waals surface area contributed by atoms with Gasteiger partial charge in [0.15, 0.2) is 5.96 Å². The number of nitrogens with one attached hydrogen (secondary N) is 2. The molecule has 0 aliphatic heterocycles. The minimum absolute atomic E-state index is 0.126. The molecule has 0 atom stereocenters. The first-order valence-electron chi connectivity index (χ1n) is 8.55. The number of sulfonamides is 1. The third-order valence-corrected chi connectivity index (χ3v) is 5.42. The summed E-state index contributed by atoms with van der Waals surface area (Å²) in [5.41, 5.74) is 0.969. The van der Waals surface area contributed by atoms with Crippen molar-refractivity contribution in [1.29, 1.82) is 0 Å². The van der Waals surface area contributed by atoms with Crippen LogP contribution >= 0.6 is 0 Å². The first-order chi connectivity index (χ1) is 11.5. The Bertz CT molecular complexity index is 635. The van der Waals surface area contributed by atoms with Gasteiger partial charge in [0.25, 0.3) is 0 Å². The number of hydrogen-bond acceptors (Lipinski definition) is 3. The lowest BCUT2D eigenvalue weighted by Gasteiger charge is -2.13. The van der Waals surface area contributed by atoms with Crippen molar-refractivity contribution in [3.63, 3.8) is 0 Å². The maximum absolute atomic E-state index is 11.2. The highest BCUT2D eigenvalue weighted by atomic mass is 32.2. The monoisotopic (exact) mass is 352 g/mol. The van der Waals surface area contributed by atoms with E-state index in [2.05, 4.69) is 15.6 Å². The van der Waals surface area contributed by atoms with Crippen LogP contribution in [-0.4, -0.2) is 28.0 Å². The van der Waals surface area contributed by atoms with E-state index in [0.717, 1.165) is 30.4 Å². The average Bonchev–Trinajstić information content (AvgIpc) is 3.07. The quantitative estimate of drug-likeness (QED) is 0.397. The molecule has 0 unspecified atom stereocenters. The molecule has 134 valence electrons. The maximum atomic E-state index is 11.2. The van der Waals surface area contributed by atoms with Crippen LogP contribution in [0.1, 0.15) is 44.1 Å². The van der Waals surface area contributed by atoms with Crippen molar-refractivity contribution in [3.05, 3.63) is 29.8 Å². The molecular weight excluding hydrogens is 324 g/mol. The summed E-state index contributed by atoms with van der Waals surface area (Å²) >= 11 is 0. The summed E-state index contributed by atoms with van der Waals surface area (Å²) in [7, 11) is -1.89. The van der Waals surface area contributed by atoms with Crippen LogP contribution in [0.25, 0.3) is 0 Å². The Kier molecular flexibility index (Phi) is 7.05. The standard InChI is InChI=1S/C17H28N4O2S/c1-19-17(20-12-4-7-14-5-2-3-6-14)21-13-15-8-10-16(11-9-15)24(18,22)23/h8-11,14H,2-7,12-13H2,1H3,(H2,18,22,23)(H2,19,20,21). The molecule has 0 heterocycles. The molecule has 0 saturated heterocycles. The van der Waals surface area contributed by atoms with Gasteiger partial charge >= 0.3 is 0 Å². The SMILES string of the molecule is CN=C(NCCCC1CCCC1)NCc1ccc(S(N)(=O)=O)cc1. The molecule has 7 heteroatoms. The normalized spacial score (nSPS) is 16.3. The number of primary sulfonamides is 1. The van der Waals surface area contributed by atoms with E-state index in [1.165, 1.54) is 44.2 Å². The number of guanidine groups is 1. The van der Waals surface area contributed by atoms with Gasteiger partial charge in [-0.1, -0.05) is 37.8 Å². The zero-order valence-electron chi connectivity index (χ0n) is 14.3. The third kappa shape index (κ3) is 6.13. The molecule has 1 aromatic rings. The highest BCUT2D eigenvalue weighted by Gasteiger charge is 2.14. The zero-order chi connectivity index (χ0) is 17.4. The summed E-state index contributed by atoms with van der Waals surface area (Å²) in [6.07, 6.45) is 8.02. The van der Waals surface area contributed by atoms with Gasteiger partial charge in [0, 0.05) is 20.1 Å². The van der Waals surface area contributed by atoms with Gasteiger partial charge in [0.05, 0.1) is 4.90 Å². The van der Waals surface area contributed by atoms with Crippen LogP contribution in [0.5, 0.6) is 0 Å². The van der Waals surface area contributed by atoms with Crippen molar-refractivity contribution in [2.75, 3.05) is 13.6 Å². The van der Waals surface area contributed by atoms with Gasteiger partial charge in [-0.05, 0) is 36.5 Å². The van der Waals surface area contributed by atoms with Gasteiger partial charge < -0.3 is 10.6 Å². The minimum atomic E-state index is -3.63. The summed E-state index contributed by atoms with van der Waals surface area (Å²) in [4.78, 5) is 4.33. The van der Waals surface area contributed by atoms with Crippen LogP contribution in [0.15, 0.2) is 34.2 Å². The minimum Gasteiger partial charge on any atom is -0.356 e. The summed E-state index contributed by atoms with van der Waals surface area (Å²) in [6.45, 7) is 1.49. The highest BCUT2D eigenvalue weighted by Crippen LogP contribution is 2.28. The first-order valence-corrected chi connectivity index (χ1v) is 10.1. The van der Waals surface area contributed by atoms with Crippen molar-refractivity contribution >= 4 is 16.0 Å². The van der Waals surface area contributed by atoms with E-state index in [0.29, 0.717) is 6.54 Å². The fourth-order valence-electron chi connectivity index (χ4n) is 3.10. The molecule has 0 amide bonds. The van der Waals surface area contributed by atoms with Gasteiger partial charge in [0.2, 0.25) is 10.0 Å². The van der Waals surface area contributed by atoms with Gasteiger partial charge in [0.1, 0.15) is 0 Å². The molecular formula is C17H28N4O2S. The molecule has 1 aromatic carbocycles. The van der Waals surface area contributed by atoms with E-state index >= 15 is 0 Å². The maximum Gasteiger partial charge on any atom is 0.238 e. The Morgan fingerprint density at radius 3 is 2.46 bits per heavy atom. The summed E-state index contributed by atoms with van der Waals surface area (Å²) < 4.78 is 22.5. The molecule has 4 N–H and O–H groups in total. The second-order valence-electron chi connectivity index (χ2n) is 6.33. The fraction of sp³-hybridized carbons (Fsp3) is 0.588. The van der Waals surface area contributed by atoms with Crippen LogP contribution < -0.4 is 15.8 Å². The highest BCUT2D eigenvalue weighted by molar-refractivity contribution is 7.89. The smallest absolute Gasteiger partial charge is 0.238 e. The van der Waals surface area contributed by atoms with Crippen molar-refractivity contribution in [1.82, 2.24) is 10.6 Å². The number of nitrogens with zero attached hydrogens (tertiary/aromatic N) is 1. The predicted molar refractivity (Wildman–Crippen MR) is 97.2 cm³/mol. The van der Waals surface area contributed by atoms with Gasteiger partial charge in [-0.25, -0.2) is 13.6 Å².